The van der Waals surface area contributed by atoms with Crippen LogP contribution in [0.3, 0.4) is 0 Å². The highest BCUT2D eigenvalue weighted by Gasteiger charge is 2.10. The minimum atomic E-state index is -0.541. The summed E-state index contributed by atoms with van der Waals surface area (Å²) in [4.78, 5) is 0. The average Bonchev–Trinajstić information content (AvgIpc) is 2.04. The molecule has 0 bridgehead atoms. The first-order chi connectivity index (χ1) is 6.15. The van der Waals surface area contributed by atoms with Gasteiger partial charge >= 0.3 is 0 Å². The molecule has 0 aliphatic rings. The van der Waals surface area contributed by atoms with Crippen molar-refractivity contribution in [1.29, 1.82) is 0 Å². The van der Waals surface area contributed by atoms with Gasteiger partial charge in [0.2, 0.25) is 0 Å². The van der Waals surface area contributed by atoms with E-state index in [9.17, 15) is 8.78 Å². The number of nitrogens with two attached hydrogens (primary N) is 1. The molecule has 1 aromatic rings. The molecule has 1 unspecified atom stereocenters. The maximum Gasteiger partial charge on any atom is 0.129 e. The molecule has 3 heteroatoms. The van der Waals surface area contributed by atoms with Gasteiger partial charge in [-0.1, -0.05) is 13.0 Å². The van der Waals surface area contributed by atoms with E-state index in [1.165, 1.54) is 12.1 Å². The monoisotopic (exact) mass is 185 g/mol. The minimum absolute atomic E-state index is 0.0469. The van der Waals surface area contributed by atoms with Crippen LogP contribution in [0.5, 0.6) is 0 Å². The van der Waals surface area contributed by atoms with E-state index in [1.807, 2.05) is 6.92 Å². The second kappa shape index (κ2) is 4.33. The summed E-state index contributed by atoms with van der Waals surface area (Å²) in [6.07, 6.45) is 0.711. The van der Waals surface area contributed by atoms with Gasteiger partial charge in [0.25, 0.3) is 0 Å². The molecule has 1 rings (SSSR count). The third-order valence-corrected chi connectivity index (χ3v) is 2.09. The van der Waals surface area contributed by atoms with Gasteiger partial charge in [0.05, 0.1) is 0 Å². The highest BCUT2D eigenvalue weighted by molar-refractivity contribution is 5.21. The van der Waals surface area contributed by atoms with Crippen LogP contribution in [0.4, 0.5) is 8.78 Å². The smallest absolute Gasteiger partial charge is 0.129 e. The van der Waals surface area contributed by atoms with E-state index in [-0.39, 0.29) is 5.92 Å². The van der Waals surface area contributed by atoms with E-state index >= 15 is 0 Å². The fourth-order valence-corrected chi connectivity index (χ4v) is 1.31. The largest absolute Gasteiger partial charge is 0.330 e. The van der Waals surface area contributed by atoms with Crippen molar-refractivity contribution in [3.63, 3.8) is 0 Å². The van der Waals surface area contributed by atoms with Gasteiger partial charge in [-0.3, -0.25) is 0 Å². The van der Waals surface area contributed by atoms with Crippen LogP contribution in [0.2, 0.25) is 0 Å². The zero-order valence-electron chi connectivity index (χ0n) is 7.56. The lowest BCUT2D eigenvalue weighted by molar-refractivity contribution is 0.552. The first kappa shape index (κ1) is 10.1. The van der Waals surface area contributed by atoms with Crippen LogP contribution in [0.1, 0.15) is 24.8 Å². The number of halogens is 2. The second-order valence-corrected chi connectivity index (χ2v) is 3.14. The van der Waals surface area contributed by atoms with Gasteiger partial charge in [0.15, 0.2) is 0 Å². The van der Waals surface area contributed by atoms with Crippen molar-refractivity contribution in [1.82, 2.24) is 0 Å². The molecule has 1 atom stereocenters. The van der Waals surface area contributed by atoms with E-state index < -0.39 is 11.6 Å². The summed E-state index contributed by atoms with van der Waals surface area (Å²) >= 11 is 0. The Hall–Kier alpha value is -0.960. The first-order valence-corrected chi connectivity index (χ1v) is 4.30. The molecule has 2 N–H and O–H groups in total. The van der Waals surface area contributed by atoms with Gasteiger partial charge in [0, 0.05) is 6.07 Å². The maximum absolute atomic E-state index is 13.1. The lowest BCUT2D eigenvalue weighted by atomic mass is 9.97. The summed E-state index contributed by atoms with van der Waals surface area (Å²) in [6.45, 7) is 2.39. The summed E-state index contributed by atoms with van der Waals surface area (Å²) in [5.41, 5.74) is 5.88. The molecule has 0 spiro atoms. The van der Waals surface area contributed by atoms with Gasteiger partial charge < -0.3 is 5.73 Å². The molecule has 0 heterocycles. The normalized spacial score (nSPS) is 12.9. The van der Waals surface area contributed by atoms with Crippen LogP contribution < -0.4 is 5.73 Å². The molecule has 0 fully saturated rings. The lowest BCUT2D eigenvalue weighted by Crippen LogP contribution is -2.06. The van der Waals surface area contributed by atoms with Crippen LogP contribution in [0.15, 0.2) is 18.2 Å². The number of hydrogen-bond donors (Lipinski definition) is 1. The Labute approximate surface area is 76.6 Å². The topological polar surface area (TPSA) is 26.0 Å². The Morgan fingerprint density at radius 1 is 1.38 bits per heavy atom. The predicted molar refractivity (Wildman–Crippen MR) is 48.4 cm³/mol. The summed E-state index contributed by atoms with van der Waals surface area (Å²) in [5.74, 6) is -0.979. The molecular weight excluding hydrogens is 172 g/mol. The van der Waals surface area contributed by atoms with Crippen LogP contribution in [-0.2, 0) is 0 Å². The predicted octanol–water partition coefficient (Wildman–Crippen LogP) is 2.42. The van der Waals surface area contributed by atoms with E-state index in [0.29, 0.717) is 18.5 Å². The molecule has 0 aliphatic carbocycles. The zero-order valence-corrected chi connectivity index (χ0v) is 7.56. The molecule has 1 nitrogen and oxygen atoms in total. The van der Waals surface area contributed by atoms with Crippen molar-refractivity contribution in [3.05, 3.63) is 35.4 Å². The van der Waals surface area contributed by atoms with Crippen LogP contribution in [0, 0.1) is 11.6 Å². The Morgan fingerprint density at radius 3 is 2.62 bits per heavy atom. The number of hydrogen-bond acceptors (Lipinski definition) is 1. The van der Waals surface area contributed by atoms with Gasteiger partial charge in [-0.15, -0.1) is 0 Å². The third kappa shape index (κ3) is 2.49. The maximum atomic E-state index is 13.1. The Balaban J connectivity index is 2.88. The fourth-order valence-electron chi connectivity index (χ4n) is 1.31. The SMILES string of the molecule is CC(CCN)c1ccc(F)cc1F. The summed E-state index contributed by atoms with van der Waals surface area (Å²) in [5, 5.41) is 0. The van der Waals surface area contributed by atoms with Crippen LogP contribution in [0.25, 0.3) is 0 Å². The van der Waals surface area contributed by atoms with E-state index in [2.05, 4.69) is 0 Å². The van der Waals surface area contributed by atoms with Gasteiger partial charge in [-0.05, 0) is 30.5 Å². The van der Waals surface area contributed by atoms with Crippen LogP contribution >= 0.6 is 0 Å². The zero-order chi connectivity index (χ0) is 9.84. The molecule has 0 aliphatic heterocycles. The molecule has 0 saturated carbocycles. The Kier molecular flexibility index (Phi) is 3.37. The Morgan fingerprint density at radius 2 is 2.08 bits per heavy atom. The molecule has 13 heavy (non-hydrogen) atoms. The quantitative estimate of drug-likeness (QED) is 0.768. The molecule has 0 amide bonds. The van der Waals surface area contributed by atoms with E-state index in [1.54, 1.807) is 0 Å². The average molecular weight is 185 g/mol. The van der Waals surface area contributed by atoms with Crippen molar-refractivity contribution in [2.24, 2.45) is 5.73 Å². The van der Waals surface area contributed by atoms with Crippen LogP contribution in [-0.4, -0.2) is 6.54 Å². The van der Waals surface area contributed by atoms with Gasteiger partial charge in [0.1, 0.15) is 11.6 Å². The molecule has 0 saturated heterocycles. The molecular formula is C10H13F2N. The molecule has 72 valence electrons. The minimum Gasteiger partial charge on any atom is -0.330 e. The van der Waals surface area contributed by atoms with Crippen molar-refractivity contribution in [2.75, 3.05) is 6.54 Å². The van der Waals surface area contributed by atoms with Crippen molar-refractivity contribution in [3.8, 4) is 0 Å². The first-order valence-electron chi connectivity index (χ1n) is 4.30. The van der Waals surface area contributed by atoms with E-state index in [0.717, 1.165) is 6.07 Å². The fraction of sp³-hybridized carbons (Fsp3) is 0.400. The highest BCUT2D eigenvalue weighted by atomic mass is 19.1. The lowest BCUT2D eigenvalue weighted by Gasteiger charge is -2.10. The Bertz CT molecular complexity index is 286. The summed E-state index contributed by atoms with van der Waals surface area (Å²) in [6, 6.07) is 3.65. The van der Waals surface area contributed by atoms with E-state index in [4.69, 9.17) is 5.73 Å². The van der Waals surface area contributed by atoms with Crippen molar-refractivity contribution in [2.45, 2.75) is 19.3 Å². The number of benzene rings is 1. The third-order valence-electron chi connectivity index (χ3n) is 2.09. The van der Waals surface area contributed by atoms with Gasteiger partial charge in [-0.25, -0.2) is 8.78 Å². The van der Waals surface area contributed by atoms with Crippen molar-refractivity contribution < 1.29 is 8.78 Å². The van der Waals surface area contributed by atoms with Gasteiger partial charge in [-0.2, -0.15) is 0 Å². The highest BCUT2D eigenvalue weighted by Crippen LogP contribution is 2.21. The summed E-state index contributed by atoms with van der Waals surface area (Å²) in [7, 11) is 0. The molecule has 0 aromatic heterocycles. The summed E-state index contributed by atoms with van der Waals surface area (Å²) < 4.78 is 25.7. The van der Waals surface area contributed by atoms with Crippen molar-refractivity contribution >= 4 is 0 Å². The standard InChI is InChI=1S/C10H13F2N/c1-7(4-5-13)9-3-2-8(11)6-10(9)12/h2-3,6-7H,4-5,13H2,1H3. The number of rotatable bonds is 3. The molecule has 1 aromatic carbocycles. The second-order valence-electron chi connectivity index (χ2n) is 3.14. The molecule has 0 radical (unpaired) electrons.